The number of nitrogens with two attached hydrogens (primary N) is 1. The smallest absolute Gasteiger partial charge is 0.0558 e. The summed E-state index contributed by atoms with van der Waals surface area (Å²) >= 11 is 2.03. The topological polar surface area (TPSA) is 49.5 Å². The highest BCUT2D eigenvalue weighted by molar-refractivity contribution is 7.99. The van der Waals surface area contributed by atoms with Gasteiger partial charge >= 0.3 is 0 Å². The van der Waals surface area contributed by atoms with Gasteiger partial charge in [-0.15, -0.1) is 0 Å². The summed E-state index contributed by atoms with van der Waals surface area (Å²) in [5, 5.41) is 9.54. The zero-order valence-corrected chi connectivity index (χ0v) is 8.93. The molecule has 1 aliphatic heterocycles. The highest BCUT2D eigenvalue weighted by atomic mass is 32.2. The minimum absolute atomic E-state index is 0.292. The summed E-state index contributed by atoms with van der Waals surface area (Å²) in [5.74, 6) is 1.19. The van der Waals surface area contributed by atoms with E-state index >= 15 is 0 Å². The number of hydrogen-bond acceptors (Lipinski definition) is 4. The summed E-state index contributed by atoms with van der Waals surface area (Å²) in [5.41, 5.74) is 5.43. The number of aliphatic hydroxyl groups excluding tert-OH is 1. The largest absolute Gasteiger partial charge is 0.395 e. The van der Waals surface area contributed by atoms with E-state index in [9.17, 15) is 0 Å². The molecule has 0 amide bonds. The van der Waals surface area contributed by atoms with E-state index in [4.69, 9.17) is 10.8 Å². The van der Waals surface area contributed by atoms with Crippen molar-refractivity contribution >= 4 is 11.8 Å². The van der Waals surface area contributed by atoms with Crippen molar-refractivity contribution in [3.63, 3.8) is 0 Å². The van der Waals surface area contributed by atoms with Crippen LogP contribution in [0.2, 0.25) is 0 Å². The first-order valence-corrected chi connectivity index (χ1v) is 6.06. The van der Waals surface area contributed by atoms with E-state index in [0.717, 1.165) is 37.8 Å². The molecule has 4 heteroatoms. The molecule has 1 aliphatic rings. The second-order valence-electron chi connectivity index (χ2n) is 3.45. The zero-order valence-electron chi connectivity index (χ0n) is 8.11. The van der Waals surface area contributed by atoms with Crippen molar-refractivity contribution < 1.29 is 5.11 Å². The molecule has 1 saturated heterocycles. The van der Waals surface area contributed by atoms with Crippen LogP contribution in [0, 0.1) is 0 Å². The average molecular weight is 204 g/mol. The van der Waals surface area contributed by atoms with E-state index in [1.807, 2.05) is 11.8 Å². The fourth-order valence-electron chi connectivity index (χ4n) is 1.61. The third-order valence-corrected chi connectivity index (χ3v) is 3.73. The number of aliphatic hydroxyl groups is 1. The van der Waals surface area contributed by atoms with Gasteiger partial charge in [-0.2, -0.15) is 11.8 Å². The van der Waals surface area contributed by atoms with Crippen molar-refractivity contribution in [2.24, 2.45) is 5.73 Å². The maximum atomic E-state index is 8.76. The van der Waals surface area contributed by atoms with Crippen molar-refractivity contribution in [3.8, 4) is 0 Å². The number of thioether (sulfide) groups is 1. The number of likely N-dealkylation sites (tertiary alicyclic amines) is 1. The molecule has 78 valence electrons. The molecule has 13 heavy (non-hydrogen) atoms. The van der Waals surface area contributed by atoms with Crippen LogP contribution >= 0.6 is 11.8 Å². The van der Waals surface area contributed by atoms with Crippen LogP contribution in [-0.2, 0) is 0 Å². The molecule has 0 radical (unpaired) electrons. The van der Waals surface area contributed by atoms with Gasteiger partial charge in [-0.1, -0.05) is 0 Å². The summed E-state index contributed by atoms with van der Waals surface area (Å²) < 4.78 is 0. The van der Waals surface area contributed by atoms with Crippen LogP contribution in [0.25, 0.3) is 0 Å². The predicted molar refractivity (Wildman–Crippen MR) is 58.1 cm³/mol. The van der Waals surface area contributed by atoms with Crippen LogP contribution in [0.4, 0.5) is 0 Å². The van der Waals surface area contributed by atoms with Crippen LogP contribution in [0.1, 0.15) is 12.8 Å². The van der Waals surface area contributed by atoms with Gasteiger partial charge in [0.2, 0.25) is 0 Å². The van der Waals surface area contributed by atoms with Gasteiger partial charge in [-0.25, -0.2) is 0 Å². The Morgan fingerprint density at radius 2 is 2.38 bits per heavy atom. The van der Waals surface area contributed by atoms with Gasteiger partial charge < -0.3 is 10.8 Å². The molecule has 0 aromatic carbocycles. The molecule has 1 atom stereocenters. The minimum atomic E-state index is 0.292. The van der Waals surface area contributed by atoms with Crippen LogP contribution in [0.3, 0.4) is 0 Å². The molecular weight excluding hydrogens is 184 g/mol. The monoisotopic (exact) mass is 204 g/mol. The average Bonchev–Trinajstić information content (AvgIpc) is 2.54. The van der Waals surface area contributed by atoms with Crippen molar-refractivity contribution in [2.45, 2.75) is 18.1 Å². The Balaban J connectivity index is 2.03. The van der Waals surface area contributed by atoms with Gasteiger partial charge in [0.05, 0.1) is 6.61 Å². The second kappa shape index (κ2) is 6.65. The molecule has 0 aromatic rings. The number of β-amino-alcohol motifs (C(OH)–C–C–N with tert-alkyl or cyclic N) is 1. The Morgan fingerprint density at radius 3 is 3.08 bits per heavy atom. The fourth-order valence-corrected chi connectivity index (χ4v) is 2.87. The summed E-state index contributed by atoms with van der Waals surface area (Å²) in [6, 6.07) is 0. The molecule has 1 heterocycles. The molecule has 1 rings (SSSR count). The van der Waals surface area contributed by atoms with Crippen molar-refractivity contribution in [1.82, 2.24) is 4.90 Å². The maximum Gasteiger partial charge on any atom is 0.0558 e. The number of hydrogen-bond donors (Lipinski definition) is 2. The van der Waals surface area contributed by atoms with Gasteiger partial charge in [0.25, 0.3) is 0 Å². The molecule has 0 bridgehead atoms. The highest BCUT2D eigenvalue weighted by Gasteiger charge is 2.21. The Kier molecular flexibility index (Phi) is 5.78. The molecule has 0 aromatic heterocycles. The third kappa shape index (κ3) is 4.31. The number of nitrogens with zero attached hydrogens (tertiary/aromatic N) is 1. The van der Waals surface area contributed by atoms with E-state index in [1.54, 1.807) is 0 Å². The summed E-state index contributed by atoms with van der Waals surface area (Å²) in [4.78, 5) is 2.33. The lowest BCUT2D eigenvalue weighted by Gasteiger charge is -2.13. The van der Waals surface area contributed by atoms with Gasteiger partial charge in [-0.05, 0) is 31.7 Å². The first-order valence-electron chi connectivity index (χ1n) is 5.01. The Labute approximate surface area is 84.7 Å². The molecule has 1 fully saturated rings. The quantitative estimate of drug-likeness (QED) is 0.604. The summed E-state index contributed by atoms with van der Waals surface area (Å²) in [7, 11) is 0. The summed E-state index contributed by atoms with van der Waals surface area (Å²) in [6.07, 6.45) is 2.40. The first-order chi connectivity index (χ1) is 6.36. The molecule has 3 N–H and O–H groups in total. The van der Waals surface area contributed by atoms with Crippen molar-refractivity contribution in [1.29, 1.82) is 0 Å². The van der Waals surface area contributed by atoms with E-state index in [2.05, 4.69) is 4.90 Å². The number of rotatable bonds is 6. The molecule has 0 spiro atoms. The van der Waals surface area contributed by atoms with Crippen molar-refractivity contribution in [2.75, 3.05) is 38.5 Å². The van der Waals surface area contributed by atoms with Gasteiger partial charge in [-0.3, -0.25) is 4.90 Å². The van der Waals surface area contributed by atoms with Crippen LogP contribution in [0.15, 0.2) is 0 Å². The van der Waals surface area contributed by atoms with E-state index in [1.165, 1.54) is 12.2 Å². The maximum absolute atomic E-state index is 8.76. The van der Waals surface area contributed by atoms with E-state index in [0.29, 0.717) is 6.61 Å². The first kappa shape index (κ1) is 11.3. The van der Waals surface area contributed by atoms with Gasteiger partial charge in [0.1, 0.15) is 0 Å². The van der Waals surface area contributed by atoms with E-state index < -0.39 is 0 Å². The predicted octanol–water partition coefficient (Wildman–Crippen LogP) is 0.135. The third-order valence-electron chi connectivity index (χ3n) is 2.35. The van der Waals surface area contributed by atoms with Gasteiger partial charge in [0.15, 0.2) is 0 Å². The Bertz CT molecular complexity index is 135. The normalized spacial score (nSPS) is 24.0. The standard InChI is InChI=1S/C9H20N2OS/c10-3-1-7-13-9-2-4-11(8-9)5-6-12/h9,12H,1-8,10H2. The summed E-state index contributed by atoms with van der Waals surface area (Å²) in [6.45, 7) is 4.24. The minimum Gasteiger partial charge on any atom is -0.395 e. The van der Waals surface area contributed by atoms with Crippen molar-refractivity contribution in [3.05, 3.63) is 0 Å². The fraction of sp³-hybridized carbons (Fsp3) is 1.00. The second-order valence-corrected chi connectivity index (χ2v) is 4.86. The molecule has 0 aliphatic carbocycles. The van der Waals surface area contributed by atoms with Gasteiger partial charge in [0, 0.05) is 18.3 Å². The van der Waals surface area contributed by atoms with Crippen LogP contribution in [0.5, 0.6) is 0 Å². The lowest BCUT2D eigenvalue weighted by atomic mass is 10.4. The highest BCUT2D eigenvalue weighted by Crippen LogP contribution is 2.22. The van der Waals surface area contributed by atoms with E-state index in [-0.39, 0.29) is 0 Å². The van der Waals surface area contributed by atoms with Crippen LogP contribution in [-0.4, -0.2) is 53.8 Å². The molecule has 1 unspecified atom stereocenters. The Hall–Kier alpha value is 0.230. The molecule has 3 nitrogen and oxygen atoms in total. The SMILES string of the molecule is NCCCSC1CCN(CCO)C1. The lowest BCUT2D eigenvalue weighted by molar-refractivity contribution is 0.222. The lowest BCUT2D eigenvalue weighted by Crippen LogP contribution is -2.24. The zero-order chi connectivity index (χ0) is 9.52. The molecular formula is C9H20N2OS. The molecule has 0 saturated carbocycles. The Morgan fingerprint density at radius 1 is 1.54 bits per heavy atom. The van der Waals surface area contributed by atoms with Crippen LogP contribution < -0.4 is 5.73 Å².